The molecule has 0 aliphatic carbocycles. The maximum atomic E-state index is 12.6. The molecule has 0 bridgehead atoms. The van der Waals surface area contributed by atoms with E-state index in [0.717, 1.165) is 18.2 Å². The lowest BCUT2D eigenvalue weighted by molar-refractivity contribution is 0.102. The number of carbonyl (C=O) groups is 1. The van der Waals surface area contributed by atoms with Crippen LogP contribution in [-0.4, -0.2) is 58.4 Å². The van der Waals surface area contributed by atoms with E-state index in [1.54, 1.807) is 6.92 Å². The Hall–Kier alpha value is -2.00. The molecule has 2 aromatic heterocycles. The Kier molecular flexibility index (Phi) is 5.91. The molecule has 2 saturated heterocycles. The highest BCUT2D eigenvalue weighted by Gasteiger charge is 2.27. The van der Waals surface area contributed by atoms with Crippen LogP contribution >= 0.6 is 11.3 Å². The van der Waals surface area contributed by atoms with E-state index in [1.807, 2.05) is 6.92 Å². The SMILES string of the molecule is CCc1noc(C)c1C(=O)Nc1nnc(N2CCC(N3CCCCC3)CC2)s1. The summed E-state index contributed by atoms with van der Waals surface area (Å²) in [6, 6.07) is 0.702. The molecule has 0 atom stereocenters. The van der Waals surface area contributed by atoms with E-state index in [0.29, 0.717) is 34.6 Å². The summed E-state index contributed by atoms with van der Waals surface area (Å²) in [4.78, 5) is 17.5. The normalized spacial score (nSPS) is 19.1. The van der Waals surface area contributed by atoms with Crippen LogP contribution < -0.4 is 10.2 Å². The minimum absolute atomic E-state index is 0.234. The summed E-state index contributed by atoms with van der Waals surface area (Å²) < 4.78 is 5.15. The van der Waals surface area contributed by atoms with Crippen molar-refractivity contribution in [3.63, 3.8) is 0 Å². The number of amides is 1. The largest absolute Gasteiger partial charge is 0.361 e. The zero-order valence-corrected chi connectivity index (χ0v) is 17.4. The van der Waals surface area contributed by atoms with Gasteiger partial charge in [0.25, 0.3) is 5.91 Å². The highest BCUT2D eigenvalue weighted by atomic mass is 32.1. The summed E-state index contributed by atoms with van der Waals surface area (Å²) in [6.45, 7) is 8.19. The van der Waals surface area contributed by atoms with Gasteiger partial charge in [-0.2, -0.15) is 0 Å². The summed E-state index contributed by atoms with van der Waals surface area (Å²) in [5.41, 5.74) is 1.17. The summed E-state index contributed by atoms with van der Waals surface area (Å²) in [7, 11) is 0. The first-order chi connectivity index (χ1) is 13.7. The molecule has 152 valence electrons. The fraction of sp³-hybridized carbons (Fsp3) is 0.684. The van der Waals surface area contributed by atoms with E-state index in [9.17, 15) is 4.79 Å². The average Bonchev–Trinajstić information content (AvgIpc) is 3.35. The van der Waals surface area contributed by atoms with Gasteiger partial charge in [0.2, 0.25) is 10.3 Å². The number of nitrogens with zero attached hydrogens (tertiary/aromatic N) is 5. The van der Waals surface area contributed by atoms with Crippen molar-refractivity contribution in [2.24, 2.45) is 0 Å². The fourth-order valence-corrected chi connectivity index (χ4v) is 5.00. The number of rotatable bonds is 5. The second kappa shape index (κ2) is 8.57. The van der Waals surface area contributed by atoms with Crippen LogP contribution in [0.2, 0.25) is 0 Å². The van der Waals surface area contributed by atoms with Crippen LogP contribution in [0.1, 0.15) is 60.8 Å². The second-order valence-corrected chi connectivity index (χ2v) is 8.53. The first-order valence-electron chi connectivity index (χ1n) is 10.2. The average molecular weight is 405 g/mol. The zero-order chi connectivity index (χ0) is 19.5. The van der Waals surface area contributed by atoms with Crippen LogP contribution in [0.25, 0.3) is 0 Å². The van der Waals surface area contributed by atoms with Crippen molar-refractivity contribution >= 4 is 27.5 Å². The number of aryl methyl sites for hydroxylation is 2. The Morgan fingerprint density at radius 2 is 1.93 bits per heavy atom. The summed E-state index contributed by atoms with van der Waals surface area (Å²) in [6.07, 6.45) is 7.04. The van der Waals surface area contributed by atoms with E-state index in [-0.39, 0.29) is 5.91 Å². The van der Waals surface area contributed by atoms with Crippen molar-refractivity contribution in [3.05, 3.63) is 17.0 Å². The Bertz CT molecular complexity index is 805. The molecule has 2 aliphatic rings. The van der Waals surface area contributed by atoms with Crippen LogP contribution in [0.15, 0.2) is 4.52 Å². The van der Waals surface area contributed by atoms with E-state index in [2.05, 4.69) is 30.5 Å². The van der Waals surface area contributed by atoms with Gasteiger partial charge in [0.1, 0.15) is 11.3 Å². The van der Waals surface area contributed by atoms with E-state index in [4.69, 9.17) is 4.52 Å². The summed E-state index contributed by atoms with van der Waals surface area (Å²) in [5, 5.41) is 16.7. The van der Waals surface area contributed by atoms with Gasteiger partial charge in [0.05, 0.1) is 5.69 Å². The van der Waals surface area contributed by atoms with Crippen molar-refractivity contribution in [1.29, 1.82) is 0 Å². The number of anilines is 2. The monoisotopic (exact) mass is 404 g/mol. The number of hydrogen-bond acceptors (Lipinski definition) is 8. The smallest absolute Gasteiger partial charge is 0.263 e. The number of hydrogen-bond donors (Lipinski definition) is 1. The maximum Gasteiger partial charge on any atom is 0.263 e. The zero-order valence-electron chi connectivity index (χ0n) is 16.6. The molecule has 0 radical (unpaired) electrons. The van der Waals surface area contributed by atoms with Gasteiger partial charge in [-0.25, -0.2) is 0 Å². The Balaban J connectivity index is 1.34. The molecule has 0 spiro atoms. The topological polar surface area (TPSA) is 87.4 Å². The summed E-state index contributed by atoms with van der Waals surface area (Å²) in [5.74, 6) is 0.293. The van der Waals surface area contributed by atoms with Crippen LogP contribution in [-0.2, 0) is 6.42 Å². The van der Waals surface area contributed by atoms with Gasteiger partial charge in [-0.3, -0.25) is 10.1 Å². The molecule has 1 N–H and O–H groups in total. The highest BCUT2D eigenvalue weighted by molar-refractivity contribution is 7.19. The molecule has 4 heterocycles. The van der Waals surface area contributed by atoms with E-state index in [1.165, 1.54) is 56.5 Å². The van der Waals surface area contributed by atoms with Gasteiger partial charge in [-0.1, -0.05) is 29.8 Å². The predicted octanol–water partition coefficient (Wildman–Crippen LogP) is 3.10. The third-order valence-corrected chi connectivity index (χ3v) is 6.67. The van der Waals surface area contributed by atoms with Gasteiger partial charge < -0.3 is 14.3 Å². The van der Waals surface area contributed by atoms with Crippen LogP contribution in [0.3, 0.4) is 0 Å². The Labute approximate surface area is 169 Å². The van der Waals surface area contributed by atoms with Crippen LogP contribution in [0.5, 0.6) is 0 Å². The number of likely N-dealkylation sites (tertiary alicyclic amines) is 1. The number of carbonyl (C=O) groups excluding carboxylic acids is 1. The van der Waals surface area contributed by atoms with Gasteiger partial charge in [0, 0.05) is 19.1 Å². The first-order valence-corrected chi connectivity index (χ1v) is 11.1. The third-order valence-electron chi connectivity index (χ3n) is 5.77. The minimum Gasteiger partial charge on any atom is -0.361 e. The Morgan fingerprint density at radius 1 is 1.18 bits per heavy atom. The van der Waals surface area contributed by atoms with Crippen molar-refractivity contribution in [2.45, 2.75) is 58.4 Å². The number of piperidine rings is 2. The third kappa shape index (κ3) is 4.05. The van der Waals surface area contributed by atoms with Crippen molar-refractivity contribution < 1.29 is 9.32 Å². The second-order valence-electron chi connectivity index (χ2n) is 7.57. The quantitative estimate of drug-likeness (QED) is 0.819. The lowest BCUT2D eigenvalue weighted by Crippen LogP contribution is -2.46. The van der Waals surface area contributed by atoms with Crippen molar-refractivity contribution in [2.75, 3.05) is 36.4 Å². The molecule has 28 heavy (non-hydrogen) atoms. The molecule has 0 unspecified atom stereocenters. The molecule has 9 heteroatoms. The summed E-state index contributed by atoms with van der Waals surface area (Å²) >= 11 is 1.43. The number of aromatic nitrogens is 3. The van der Waals surface area contributed by atoms with Gasteiger partial charge in [-0.15, -0.1) is 10.2 Å². The molecule has 0 aromatic carbocycles. The molecular weight excluding hydrogens is 376 g/mol. The van der Waals surface area contributed by atoms with Crippen molar-refractivity contribution in [1.82, 2.24) is 20.3 Å². The molecule has 2 fully saturated rings. The lowest BCUT2D eigenvalue weighted by Gasteiger charge is -2.40. The molecular formula is C19H28N6O2S. The fourth-order valence-electron chi connectivity index (χ4n) is 4.21. The van der Waals surface area contributed by atoms with Gasteiger partial charge in [-0.05, 0) is 52.1 Å². The number of nitrogens with one attached hydrogen (secondary N) is 1. The molecule has 4 rings (SSSR count). The van der Waals surface area contributed by atoms with Crippen LogP contribution in [0, 0.1) is 6.92 Å². The predicted molar refractivity (Wildman–Crippen MR) is 109 cm³/mol. The minimum atomic E-state index is -0.234. The lowest BCUT2D eigenvalue weighted by atomic mass is 10.0. The van der Waals surface area contributed by atoms with E-state index >= 15 is 0 Å². The van der Waals surface area contributed by atoms with Crippen LogP contribution in [0.4, 0.5) is 10.3 Å². The maximum absolute atomic E-state index is 12.6. The van der Waals surface area contributed by atoms with E-state index < -0.39 is 0 Å². The standard InChI is InChI=1S/C19H28N6O2S/c1-3-15-16(13(2)27-23-15)17(26)20-18-21-22-19(28-18)25-11-7-14(8-12-25)24-9-5-4-6-10-24/h14H,3-12H2,1-2H3,(H,20,21,26). The molecule has 8 nitrogen and oxygen atoms in total. The molecule has 0 saturated carbocycles. The first kappa shape index (κ1) is 19.3. The molecule has 1 amide bonds. The Morgan fingerprint density at radius 3 is 2.64 bits per heavy atom. The molecule has 2 aliphatic heterocycles. The highest BCUT2D eigenvalue weighted by Crippen LogP contribution is 2.29. The van der Waals surface area contributed by atoms with Gasteiger partial charge >= 0.3 is 0 Å². The van der Waals surface area contributed by atoms with Gasteiger partial charge in [0.15, 0.2) is 0 Å². The van der Waals surface area contributed by atoms with Crippen molar-refractivity contribution in [3.8, 4) is 0 Å². The molecule has 2 aromatic rings.